The third-order valence-electron chi connectivity index (χ3n) is 1.89. The molecule has 1 aliphatic rings. The highest BCUT2D eigenvalue weighted by Crippen LogP contribution is 2.24. The van der Waals surface area contributed by atoms with E-state index in [1.807, 2.05) is 11.8 Å². The van der Waals surface area contributed by atoms with Gasteiger partial charge in [0.2, 0.25) is 0 Å². The van der Waals surface area contributed by atoms with E-state index >= 15 is 0 Å². The van der Waals surface area contributed by atoms with Gasteiger partial charge in [0.15, 0.2) is 0 Å². The first-order valence-corrected chi connectivity index (χ1v) is 5.35. The maximum absolute atomic E-state index is 7.29. The molecule has 0 radical (unpaired) electrons. The molecule has 12 heavy (non-hydrogen) atoms. The van der Waals surface area contributed by atoms with E-state index in [2.05, 4.69) is 19.2 Å². The number of thioether (sulfide) groups is 1. The Hall–Kier alpha value is -0.440. The molecule has 0 aromatic heterocycles. The van der Waals surface area contributed by atoms with Crippen LogP contribution in [0.4, 0.5) is 0 Å². The van der Waals surface area contributed by atoms with E-state index in [0.717, 1.165) is 12.1 Å². The van der Waals surface area contributed by atoms with Gasteiger partial charge in [-0.15, -0.1) is 11.8 Å². The van der Waals surface area contributed by atoms with Crippen LogP contribution in [0.15, 0.2) is 10.6 Å². The van der Waals surface area contributed by atoms with Gasteiger partial charge in [0, 0.05) is 24.1 Å². The molecule has 0 bridgehead atoms. The van der Waals surface area contributed by atoms with Crippen LogP contribution < -0.4 is 5.32 Å². The maximum atomic E-state index is 7.29. The zero-order valence-electron chi connectivity index (χ0n) is 7.68. The molecule has 3 heteroatoms. The van der Waals surface area contributed by atoms with Crippen molar-refractivity contribution in [3.05, 3.63) is 10.6 Å². The van der Waals surface area contributed by atoms with Crippen LogP contribution in [0.1, 0.15) is 20.3 Å². The number of allylic oxidation sites excluding steroid dienone is 1. The average molecular weight is 184 g/mol. The largest absolute Gasteiger partial charge is 0.380 e. The van der Waals surface area contributed by atoms with Gasteiger partial charge in [-0.3, -0.25) is 0 Å². The number of rotatable bonds is 2. The van der Waals surface area contributed by atoms with Crippen molar-refractivity contribution in [3.8, 4) is 0 Å². The minimum Gasteiger partial charge on any atom is -0.380 e. The summed E-state index contributed by atoms with van der Waals surface area (Å²) >= 11 is 1.84. The van der Waals surface area contributed by atoms with Crippen molar-refractivity contribution in [2.45, 2.75) is 20.3 Å². The zero-order chi connectivity index (χ0) is 8.97. The van der Waals surface area contributed by atoms with E-state index in [1.54, 1.807) is 0 Å². The molecular formula is C9H16N2S. The minimum atomic E-state index is 0.454. The van der Waals surface area contributed by atoms with E-state index < -0.39 is 0 Å². The third kappa shape index (κ3) is 2.27. The Morgan fingerprint density at radius 2 is 2.42 bits per heavy atom. The lowest BCUT2D eigenvalue weighted by molar-refractivity contribution is 0.745. The molecule has 68 valence electrons. The molecule has 0 aromatic carbocycles. The molecule has 1 heterocycles. The summed E-state index contributed by atoms with van der Waals surface area (Å²) in [4.78, 5) is 0. The van der Waals surface area contributed by atoms with Crippen molar-refractivity contribution in [2.24, 2.45) is 5.92 Å². The molecule has 0 atom stereocenters. The normalized spacial score (nSPS) is 21.9. The van der Waals surface area contributed by atoms with Crippen LogP contribution in [0.25, 0.3) is 0 Å². The monoisotopic (exact) mass is 184 g/mol. The molecule has 1 aliphatic heterocycles. The van der Waals surface area contributed by atoms with Gasteiger partial charge >= 0.3 is 0 Å². The van der Waals surface area contributed by atoms with E-state index in [1.165, 1.54) is 23.4 Å². The molecule has 0 spiro atoms. The van der Waals surface area contributed by atoms with Crippen molar-refractivity contribution in [1.82, 2.24) is 5.32 Å². The molecule has 0 aliphatic carbocycles. The SMILES string of the molecule is CC(C)/C(C=N)=C1/NCCCS1. The first-order chi connectivity index (χ1) is 5.75. The molecule has 2 N–H and O–H groups in total. The second kappa shape index (κ2) is 4.55. The Morgan fingerprint density at radius 3 is 2.83 bits per heavy atom. The van der Waals surface area contributed by atoms with E-state index in [-0.39, 0.29) is 0 Å². The predicted octanol–water partition coefficient (Wildman–Crippen LogP) is 2.23. The van der Waals surface area contributed by atoms with Gasteiger partial charge in [-0.1, -0.05) is 13.8 Å². The fourth-order valence-corrected chi connectivity index (χ4v) is 2.34. The average Bonchev–Trinajstić information content (AvgIpc) is 2.07. The molecule has 1 rings (SSSR count). The van der Waals surface area contributed by atoms with Gasteiger partial charge in [-0.25, -0.2) is 0 Å². The quantitative estimate of drug-likeness (QED) is 0.646. The fraction of sp³-hybridized carbons (Fsp3) is 0.667. The van der Waals surface area contributed by atoms with Gasteiger partial charge in [-0.2, -0.15) is 0 Å². The Kier molecular flexibility index (Phi) is 3.66. The summed E-state index contributed by atoms with van der Waals surface area (Å²) in [5, 5.41) is 11.8. The first kappa shape index (κ1) is 9.65. The van der Waals surface area contributed by atoms with Crippen LogP contribution in [0, 0.1) is 11.3 Å². The third-order valence-corrected chi connectivity index (χ3v) is 3.05. The highest BCUT2D eigenvalue weighted by Gasteiger charge is 2.11. The predicted molar refractivity (Wildman–Crippen MR) is 55.7 cm³/mol. The highest BCUT2D eigenvalue weighted by atomic mass is 32.2. The van der Waals surface area contributed by atoms with Crippen LogP contribution in [-0.2, 0) is 0 Å². The van der Waals surface area contributed by atoms with E-state index in [9.17, 15) is 0 Å². The summed E-state index contributed by atoms with van der Waals surface area (Å²) in [6.45, 7) is 5.32. The smallest absolute Gasteiger partial charge is 0.0731 e. The first-order valence-electron chi connectivity index (χ1n) is 4.37. The lowest BCUT2D eigenvalue weighted by atomic mass is 10.1. The summed E-state index contributed by atoms with van der Waals surface area (Å²) in [6, 6.07) is 0. The van der Waals surface area contributed by atoms with Crippen LogP contribution in [-0.4, -0.2) is 18.5 Å². The number of hydrogen-bond acceptors (Lipinski definition) is 3. The Balaban J connectivity index is 2.75. The van der Waals surface area contributed by atoms with Gasteiger partial charge in [0.25, 0.3) is 0 Å². The van der Waals surface area contributed by atoms with Crippen molar-refractivity contribution < 1.29 is 0 Å². The van der Waals surface area contributed by atoms with Crippen LogP contribution >= 0.6 is 11.8 Å². The van der Waals surface area contributed by atoms with Gasteiger partial charge in [-0.05, 0) is 12.3 Å². The molecule has 0 aromatic rings. The van der Waals surface area contributed by atoms with E-state index in [0.29, 0.717) is 5.92 Å². The minimum absolute atomic E-state index is 0.454. The summed E-state index contributed by atoms with van der Waals surface area (Å²) in [7, 11) is 0. The molecule has 2 nitrogen and oxygen atoms in total. The van der Waals surface area contributed by atoms with Crippen molar-refractivity contribution in [1.29, 1.82) is 5.41 Å². The fourth-order valence-electron chi connectivity index (χ4n) is 1.18. The van der Waals surface area contributed by atoms with Crippen molar-refractivity contribution in [2.75, 3.05) is 12.3 Å². The van der Waals surface area contributed by atoms with E-state index in [4.69, 9.17) is 5.41 Å². The standard InChI is InChI=1S/C9H16N2S/c1-7(2)8(6-10)9-11-4-3-5-12-9/h6-7,10-11H,3-5H2,1-2H3/b9-8-,10-6?. The summed E-state index contributed by atoms with van der Waals surface area (Å²) in [5.74, 6) is 1.64. The van der Waals surface area contributed by atoms with Crippen molar-refractivity contribution in [3.63, 3.8) is 0 Å². The van der Waals surface area contributed by atoms with Crippen LogP contribution in [0.5, 0.6) is 0 Å². The summed E-state index contributed by atoms with van der Waals surface area (Å²) in [5.41, 5.74) is 1.14. The number of hydrogen-bond donors (Lipinski definition) is 2. The molecule has 0 saturated carbocycles. The molecule has 1 saturated heterocycles. The van der Waals surface area contributed by atoms with Gasteiger partial charge in [0.05, 0.1) is 5.03 Å². The summed E-state index contributed by atoms with van der Waals surface area (Å²) < 4.78 is 0. The Bertz CT molecular complexity index is 189. The Labute approximate surface area is 78.3 Å². The lowest BCUT2D eigenvalue weighted by Crippen LogP contribution is -2.21. The molecule has 0 amide bonds. The molecule has 1 fully saturated rings. The second-order valence-corrected chi connectivity index (χ2v) is 4.32. The second-order valence-electron chi connectivity index (χ2n) is 3.21. The number of nitrogens with one attached hydrogen (secondary N) is 2. The summed E-state index contributed by atoms with van der Waals surface area (Å²) in [6.07, 6.45) is 2.71. The van der Waals surface area contributed by atoms with Crippen molar-refractivity contribution >= 4 is 18.0 Å². The topological polar surface area (TPSA) is 35.9 Å². The van der Waals surface area contributed by atoms with Crippen LogP contribution in [0.3, 0.4) is 0 Å². The van der Waals surface area contributed by atoms with Crippen LogP contribution in [0.2, 0.25) is 0 Å². The van der Waals surface area contributed by atoms with Gasteiger partial charge < -0.3 is 10.7 Å². The zero-order valence-corrected chi connectivity index (χ0v) is 8.50. The highest BCUT2D eigenvalue weighted by molar-refractivity contribution is 8.03. The Morgan fingerprint density at radius 1 is 1.67 bits per heavy atom. The van der Waals surface area contributed by atoms with Gasteiger partial charge in [0.1, 0.15) is 0 Å². The molecular weight excluding hydrogens is 168 g/mol. The lowest BCUT2D eigenvalue weighted by Gasteiger charge is -2.20. The molecule has 0 unspecified atom stereocenters. The maximum Gasteiger partial charge on any atom is 0.0731 e.